The molecule has 0 saturated carbocycles. The predicted octanol–water partition coefficient (Wildman–Crippen LogP) is 6.84. The standard InChI is InChI=1S/C27H31ClN2O3/c1-26(2,3)18-27(4,5)20-9-11-22(12-10-20)32-17-25(31)30-29-16-23-13-14-24(33-23)19-7-6-8-21(28)15-19/h6-16H,17-18H2,1-5H3,(H,30,31). The molecular weight excluding hydrogens is 436 g/mol. The number of carbonyl (C=O) groups is 1. The Morgan fingerprint density at radius 3 is 2.45 bits per heavy atom. The highest BCUT2D eigenvalue weighted by Crippen LogP contribution is 2.36. The van der Waals surface area contributed by atoms with Crippen LogP contribution in [-0.2, 0) is 10.2 Å². The largest absolute Gasteiger partial charge is 0.484 e. The molecule has 0 fully saturated rings. The predicted molar refractivity (Wildman–Crippen MR) is 134 cm³/mol. The first-order valence-corrected chi connectivity index (χ1v) is 11.3. The number of hydrazone groups is 1. The molecule has 0 unspecified atom stereocenters. The van der Waals surface area contributed by atoms with Crippen LogP contribution in [0, 0.1) is 5.41 Å². The van der Waals surface area contributed by atoms with Gasteiger partial charge in [0.2, 0.25) is 0 Å². The van der Waals surface area contributed by atoms with Crippen LogP contribution >= 0.6 is 11.6 Å². The normalized spacial score (nSPS) is 12.2. The average molecular weight is 467 g/mol. The summed E-state index contributed by atoms with van der Waals surface area (Å²) in [5, 5.41) is 4.57. The van der Waals surface area contributed by atoms with Gasteiger partial charge in [-0.2, -0.15) is 5.10 Å². The van der Waals surface area contributed by atoms with Gasteiger partial charge in [0.05, 0.1) is 6.21 Å². The van der Waals surface area contributed by atoms with Crippen molar-refractivity contribution in [3.05, 3.63) is 77.0 Å². The summed E-state index contributed by atoms with van der Waals surface area (Å²) in [5.74, 6) is 1.47. The second kappa shape index (κ2) is 10.3. The van der Waals surface area contributed by atoms with Crippen molar-refractivity contribution in [2.24, 2.45) is 10.5 Å². The molecule has 0 bridgehead atoms. The molecule has 1 N–H and O–H groups in total. The van der Waals surface area contributed by atoms with Gasteiger partial charge < -0.3 is 9.15 Å². The second-order valence-electron chi connectivity index (χ2n) is 9.94. The zero-order valence-corrected chi connectivity index (χ0v) is 20.6. The third-order valence-electron chi connectivity index (χ3n) is 5.09. The van der Waals surface area contributed by atoms with Crippen LogP contribution < -0.4 is 10.2 Å². The summed E-state index contributed by atoms with van der Waals surface area (Å²) in [4.78, 5) is 12.1. The highest BCUT2D eigenvalue weighted by Gasteiger charge is 2.27. The molecule has 3 aromatic rings. The lowest BCUT2D eigenvalue weighted by Crippen LogP contribution is -2.25. The Hall–Kier alpha value is -3.05. The number of ether oxygens (including phenoxy) is 1. The van der Waals surface area contributed by atoms with Gasteiger partial charge in [-0.05, 0) is 59.2 Å². The molecule has 0 saturated heterocycles. The van der Waals surface area contributed by atoms with Crippen LogP contribution in [0.3, 0.4) is 0 Å². The van der Waals surface area contributed by atoms with E-state index in [2.05, 4.69) is 57.3 Å². The van der Waals surface area contributed by atoms with E-state index in [-0.39, 0.29) is 23.3 Å². The topological polar surface area (TPSA) is 63.8 Å². The number of nitrogens with zero attached hydrogens (tertiary/aromatic N) is 1. The molecule has 0 aliphatic carbocycles. The SMILES string of the molecule is CC(C)(C)CC(C)(C)c1ccc(OCC(=O)NN=Cc2ccc(-c3cccc(Cl)c3)o2)cc1. The lowest BCUT2D eigenvalue weighted by Gasteiger charge is -2.33. The lowest BCUT2D eigenvalue weighted by atomic mass is 9.72. The molecule has 0 aliphatic heterocycles. The number of furan rings is 1. The molecule has 2 aromatic carbocycles. The molecule has 1 amide bonds. The Morgan fingerprint density at radius 2 is 1.79 bits per heavy atom. The lowest BCUT2D eigenvalue weighted by molar-refractivity contribution is -0.123. The van der Waals surface area contributed by atoms with Crippen molar-refractivity contribution in [3.8, 4) is 17.1 Å². The molecule has 0 aliphatic rings. The second-order valence-corrected chi connectivity index (χ2v) is 10.4. The molecule has 1 aromatic heterocycles. The average Bonchev–Trinajstić information content (AvgIpc) is 3.20. The third kappa shape index (κ3) is 7.50. The smallest absolute Gasteiger partial charge is 0.277 e. The van der Waals surface area contributed by atoms with Crippen LogP contribution in [0.15, 0.2) is 70.2 Å². The fourth-order valence-electron chi connectivity index (χ4n) is 4.00. The fraction of sp³-hybridized carbons (Fsp3) is 0.333. The summed E-state index contributed by atoms with van der Waals surface area (Å²) in [7, 11) is 0. The summed E-state index contributed by atoms with van der Waals surface area (Å²) < 4.78 is 11.3. The molecule has 0 atom stereocenters. The van der Waals surface area contributed by atoms with E-state index in [1.807, 2.05) is 36.4 Å². The quantitative estimate of drug-likeness (QED) is 0.292. The minimum absolute atomic E-state index is 0.0569. The number of nitrogens with one attached hydrogen (secondary N) is 1. The summed E-state index contributed by atoms with van der Waals surface area (Å²) in [6.07, 6.45) is 2.51. The first-order valence-electron chi connectivity index (χ1n) is 10.9. The van der Waals surface area contributed by atoms with Crippen LogP contribution in [0.2, 0.25) is 5.02 Å². The van der Waals surface area contributed by atoms with Gasteiger partial charge >= 0.3 is 0 Å². The summed E-state index contributed by atoms with van der Waals surface area (Å²) >= 11 is 6.02. The number of hydrogen-bond acceptors (Lipinski definition) is 4. The van der Waals surface area contributed by atoms with Gasteiger partial charge in [0.1, 0.15) is 17.3 Å². The van der Waals surface area contributed by atoms with E-state index >= 15 is 0 Å². The summed E-state index contributed by atoms with van der Waals surface area (Å²) in [5.41, 5.74) is 4.85. The molecule has 0 radical (unpaired) electrons. The maximum absolute atomic E-state index is 12.1. The molecule has 6 heteroatoms. The molecular formula is C27H31ClN2O3. The summed E-state index contributed by atoms with van der Waals surface area (Å²) in [6.45, 7) is 11.1. The molecule has 1 heterocycles. The van der Waals surface area contributed by atoms with E-state index in [4.69, 9.17) is 20.8 Å². The maximum atomic E-state index is 12.1. The number of carbonyl (C=O) groups excluding carboxylic acids is 1. The molecule has 33 heavy (non-hydrogen) atoms. The Bertz CT molecular complexity index is 1110. The van der Waals surface area contributed by atoms with E-state index in [1.165, 1.54) is 11.8 Å². The fourth-order valence-corrected chi connectivity index (χ4v) is 4.19. The van der Waals surface area contributed by atoms with Crippen molar-refractivity contribution in [1.29, 1.82) is 0 Å². The Labute approximate surface area is 200 Å². The van der Waals surface area contributed by atoms with Gasteiger partial charge in [-0.1, -0.05) is 70.5 Å². The Kier molecular flexibility index (Phi) is 7.65. The van der Waals surface area contributed by atoms with Crippen molar-refractivity contribution in [2.75, 3.05) is 6.61 Å². The summed E-state index contributed by atoms with van der Waals surface area (Å²) in [6, 6.07) is 18.9. The van der Waals surface area contributed by atoms with Crippen molar-refractivity contribution in [1.82, 2.24) is 5.43 Å². The van der Waals surface area contributed by atoms with Crippen molar-refractivity contribution in [3.63, 3.8) is 0 Å². The van der Waals surface area contributed by atoms with Crippen LogP contribution in [0.25, 0.3) is 11.3 Å². The number of hydrogen-bond donors (Lipinski definition) is 1. The zero-order valence-electron chi connectivity index (χ0n) is 19.8. The van der Waals surface area contributed by atoms with Gasteiger partial charge in [0.25, 0.3) is 5.91 Å². The van der Waals surface area contributed by atoms with Gasteiger partial charge in [-0.3, -0.25) is 4.79 Å². The van der Waals surface area contributed by atoms with E-state index in [0.29, 0.717) is 22.3 Å². The Balaban J connectivity index is 1.48. The number of rotatable bonds is 8. The number of benzene rings is 2. The van der Waals surface area contributed by atoms with E-state index in [9.17, 15) is 4.79 Å². The molecule has 5 nitrogen and oxygen atoms in total. The number of amides is 1. The number of halogens is 1. The third-order valence-corrected chi connectivity index (χ3v) is 5.33. The van der Waals surface area contributed by atoms with Crippen molar-refractivity contribution >= 4 is 23.7 Å². The van der Waals surface area contributed by atoms with Crippen molar-refractivity contribution < 1.29 is 13.9 Å². The molecule has 3 rings (SSSR count). The maximum Gasteiger partial charge on any atom is 0.277 e. The highest BCUT2D eigenvalue weighted by molar-refractivity contribution is 6.30. The van der Waals surface area contributed by atoms with Crippen molar-refractivity contribution in [2.45, 2.75) is 46.5 Å². The van der Waals surface area contributed by atoms with E-state index in [1.54, 1.807) is 12.1 Å². The van der Waals surface area contributed by atoms with E-state index < -0.39 is 0 Å². The van der Waals surface area contributed by atoms with Gasteiger partial charge in [-0.25, -0.2) is 5.43 Å². The highest BCUT2D eigenvalue weighted by atomic mass is 35.5. The zero-order chi connectivity index (χ0) is 24.1. The van der Waals surface area contributed by atoms with Gasteiger partial charge in [0, 0.05) is 10.6 Å². The minimum Gasteiger partial charge on any atom is -0.484 e. The first kappa shape index (κ1) is 24.6. The van der Waals surface area contributed by atoms with Crippen LogP contribution in [0.5, 0.6) is 5.75 Å². The first-order chi connectivity index (χ1) is 15.5. The van der Waals surface area contributed by atoms with Crippen LogP contribution in [0.4, 0.5) is 0 Å². The van der Waals surface area contributed by atoms with E-state index in [0.717, 1.165) is 12.0 Å². The molecule has 174 valence electrons. The molecule has 0 spiro atoms. The minimum atomic E-state index is -0.356. The Morgan fingerprint density at radius 1 is 1.06 bits per heavy atom. The van der Waals surface area contributed by atoms with Crippen LogP contribution in [-0.4, -0.2) is 18.7 Å². The van der Waals surface area contributed by atoms with Crippen LogP contribution in [0.1, 0.15) is 52.4 Å². The monoisotopic (exact) mass is 466 g/mol. The van der Waals surface area contributed by atoms with Gasteiger partial charge in [0.15, 0.2) is 6.61 Å². The van der Waals surface area contributed by atoms with Gasteiger partial charge in [-0.15, -0.1) is 0 Å².